The van der Waals surface area contributed by atoms with Crippen LogP contribution in [0.25, 0.3) is 0 Å². The minimum Gasteiger partial charge on any atom is -0.368 e. The molecule has 0 saturated carbocycles. The molecule has 0 spiro atoms. The van der Waals surface area contributed by atoms with Crippen LogP contribution in [0, 0.1) is 0 Å². The number of nitrogens with zero attached hydrogens (tertiary/aromatic N) is 2. The van der Waals surface area contributed by atoms with E-state index in [0.717, 1.165) is 44.3 Å². The van der Waals surface area contributed by atoms with E-state index >= 15 is 0 Å². The normalized spacial score (nSPS) is 15.6. The van der Waals surface area contributed by atoms with Gasteiger partial charge in [0, 0.05) is 50.4 Å². The van der Waals surface area contributed by atoms with E-state index < -0.39 is 0 Å². The molecule has 1 N–H and O–H groups in total. The van der Waals surface area contributed by atoms with Crippen LogP contribution in [-0.2, 0) is 11.3 Å². The number of carbonyl (C=O) groups is 1. The lowest BCUT2D eigenvalue weighted by molar-refractivity contribution is -0.129. The van der Waals surface area contributed by atoms with Gasteiger partial charge in [-0.2, -0.15) is 0 Å². The van der Waals surface area contributed by atoms with Gasteiger partial charge in [0.2, 0.25) is 5.91 Å². The Morgan fingerprint density at radius 2 is 2.00 bits per heavy atom. The molecule has 1 aliphatic rings. The van der Waals surface area contributed by atoms with Crippen LogP contribution in [0.3, 0.4) is 0 Å². The summed E-state index contributed by atoms with van der Waals surface area (Å²) in [6.45, 7) is 8.80. The Morgan fingerprint density at radius 3 is 2.60 bits per heavy atom. The lowest BCUT2D eigenvalue weighted by Crippen LogP contribution is -2.48. The second-order valence-corrected chi connectivity index (χ2v) is 5.48. The molecule has 2 rings (SSSR count). The van der Waals surface area contributed by atoms with E-state index in [1.807, 2.05) is 17.0 Å². The highest BCUT2D eigenvalue weighted by molar-refractivity contribution is 6.30. The molecule has 5 heteroatoms. The van der Waals surface area contributed by atoms with Gasteiger partial charge in [0.15, 0.2) is 0 Å². The fourth-order valence-corrected chi connectivity index (χ4v) is 2.67. The van der Waals surface area contributed by atoms with E-state index in [1.54, 1.807) is 6.92 Å². The fraction of sp³-hybridized carbons (Fsp3) is 0.533. The molecule has 0 aliphatic carbocycles. The molecule has 1 aliphatic heterocycles. The third-order valence-electron chi connectivity index (χ3n) is 3.68. The van der Waals surface area contributed by atoms with Crippen molar-refractivity contribution in [3.05, 3.63) is 28.8 Å². The summed E-state index contributed by atoms with van der Waals surface area (Å²) >= 11 is 6.14. The van der Waals surface area contributed by atoms with Gasteiger partial charge in [0.05, 0.1) is 0 Å². The number of anilines is 1. The summed E-state index contributed by atoms with van der Waals surface area (Å²) in [5.74, 6) is 0.156. The molecule has 1 heterocycles. The van der Waals surface area contributed by atoms with Crippen LogP contribution in [0.2, 0.25) is 5.02 Å². The van der Waals surface area contributed by atoms with Gasteiger partial charge in [-0.3, -0.25) is 4.79 Å². The van der Waals surface area contributed by atoms with Crippen LogP contribution < -0.4 is 10.2 Å². The van der Waals surface area contributed by atoms with Crippen molar-refractivity contribution in [1.82, 2.24) is 10.2 Å². The van der Waals surface area contributed by atoms with Gasteiger partial charge in [-0.1, -0.05) is 24.6 Å². The van der Waals surface area contributed by atoms with E-state index in [0.29, 0.717) is 0 Å². The Bertz CT molecular complexity index is 470. The second kappa shape index (κ2) is 6.95. The minimum absolute atomic E-state index is 0.156. The van der Waals surface area contributed by atoms with Crippen LogP contribution in [0.4, 0.5) is 5.69 Å². The molecular weight excluding hydrogens is 274 g/mol. The first-order chi connectivity index (χ1) is 9.61. The first-order valence-electron chi connectivity index (χ1n) is 7.11. The summed E-state index contributed by atoms with van der Waals surface area (Å²) in [4.78, 5) is 15.6. The van der Waals surface area contributed by atoms with Gasteiger partial charge in [-0.15, -0.1) is 0 Å². The average Bonchev–Trinajstić information content (AvgIpc) is 2.46. The number of hydrogen-bond donors (Lipinski definition) is 1. The lowest BCUT2D eigenvalue weighted by atomic mass is 10.1. The van der Waals surface area contributed by atoms with Crippen LogP contribution >= 0.6 is 11.6 Å². The zero-order chi connectivity index (χ0) is 14.5. The van der Waals surface area contributed by atoms with Crippen molar-refractivity contribution < 1.29 is 4.79 Å². The Balaban J connectivity index is 2.11. The van der Waals surface area contributed by atoms with Gasteiger partial charge < -0.3 is 15.1 Å². The topological polar surface area (TPSA) is 35.6 Å². The smallest absolute Gasteiger partial charge is 0.219 e. The summed E-state index contributed by atoms with van der Waals surface area (Å²) in [5.41, 5.74) is 2.44. The monoisotopic (exact) mass is 295 g/mol. The molecule has 20 heavy (non-hydrogen) atoms. The van der Waals surface area contributed by atoms with Gasteiger partial charge in [-0.05, 0) is 24.2 Å². The Morgan fingerprint density at radius 1 is 1.30 bits per heavy atom. The molecule has 1 saturated heterocycles. The molecule has 1 fully saturated rings. The minimum atomic E-state index is 0.156. The van der Waals surface area contributed by atoms with E-state index in [2.05, 4.69) is 23.2 Å². The van der Waals surface area contributed by atoms with E-state index in [-0.39, 0.29) is 5.91 Å². The van der Waals surface area contributed by atoms with E-state index in [1.165, 1.54) is 11.3 Å². The van der Waals surface area contributed by atoms with Crippen molar-refractivity contribution in [3.8, 4) is 0 Å². The molecule has 1 amide bonds. The summed E-state index contributed by atoms with van der Waals surface area (Å²) in [5, 5.41) is 4.11. The first kappa shape index (κ1) is 15.1. The molecule has 0 radical (unpaired) electrons. The number of piperazine rings is 1. The van der Waals surface area contributed by atoms with Gasteiger partial charge in [0.1, 0.15) is 0 Å². The summed E-state index contributed by atoms with van der Waals surface area (Å²) in [6.07, 6.45) is 0. The number of nitrogens with one attached hydrogen (secondary N) is 1. The second-order valence-electron chi connectivity index (χ2n) is 5.05. The largest absolute Gasteiger partial charge is 0.368 e. The van der Waals surface area contributed by atoms with Crippen LogP contribution in [0.15, 0.2) is 18.2 Å². The Hall–Kier alpha value is -1.26. The number of benzene rings is 1. The van der Waals surface area contributed by atoms with Gasteiger partial charge in [-0.25, -0.2) is 0 Å². The molecule has 0 aromatic heterocycles. The predicted molar refractivity (Wildman–Crippen MR) is 83.3 cm³/mol. The van der Waals surface area contributed by atoms with Crippen LogP contribution in [0.1, 0.15) is 19.4 Å². The standard InChI is InChI=1S/C15H22ClN3O/c1-3-17-11-13-4-5-14(16)10-15(13)19-8-6-18(7-9-19)12(2)20/h4-5,10,17H,3,6-9,11H2,1-2H3. The van der Waals surface area contributed by atoms with Crippen LogP contribution in [0.5, 0.6) is 0 Å². The maximum absolute atomic E-state index is 11.4. The van der Waals surface area contributed by atoms with Crippen molar-refractivity contribution in [2.45, 2.75) is 20.4 Å². The Kier molecular flexibility index (Phi) is 5.26. The van der Waals surface area contributed by atoms with E-state index in [4.69, 9.17) is 11.6 Å². The third-order valence-corrected chi connectivity index (χ3v) is 3.91. The molecule has 0 atom stereocenters. The highest BCUT2D eigenvalue weighted by Gasteiger charge is 2.20. The predicted octanol–water partition coefficient (Wildman–Crippen LogP) is 2.12. The first-order valence-corrected chi connectivity index (χ1v) is 7.49. The molecule has 4 nitrogen and oxygen atoms in total. The highest BCUT2D eigenvalue weighted by Crippen LogP contribution is 2.26. The van der Waals surface area contributed by atoms with Gasteiger partial charge >= 0.3 is 0 Å². The van der Waals surface area contributed by atoms with Gasteiger partial charge in [0.25, 0.3) is 0 Å². The van der Waals surface area contributed by atoms with Crippen molar-refractivity contribution in [2.75, 3.05) is 37.6 Å². The van der Waals surface area contributed by atoms with E-state index in [9.17, 15) is 4.79 Å². The summed E-state index contributed by atoms with van der Waals surface area (Å²) in [6, 6.07) is 6.04. The lowest BCUT2D eigenvalue weighted by Gasteiger charge is -2.36. The van der Waals surface area contributed by atoms with Crippen LogP contribution in [-0.4, -0.2) is 43.5 Å². The van der Waals surface area contributed by atoms with Crippen molar-refractivity contribution >= 4 is 23.2 Å². The fourth-order valence-electron chi connectivity index (χ4n) is 2.50. The summed E-state index contributed by atoms with van der Waals surface area (Å²) < 4.78 is 0. The zero-order valence-electron chi connectivity index (χ0n) is 12.2. The van der Waals surface area contributed by atoms with Crippen molar-refractivity contribution in [1.29, 1.82) is 0 Å². The quantitative estimate of drug-likeness (QED) is 0.924. The maximum Gasteiger partial charge on any atom is 0.219 e. The number of halogens is 1. The average molecular weight is 296 g/mol. The SMILES string of the molecule is CCNCc1ccc(Cl)cc1N1CCN(C(C)=O)CC1. The molecule has 0 bridgehead atoms. The number of hydrogen-bond acceptors (Lipinski definition) is 3. The number of rotatable bonds is 4. The number of carbonyl (C=O) groups excluding carboxylic acids is 1. The molecule has 1 aromatic carbocycles. The van der Waals surface area contributed by atoms with Crippen molar-refractivity contribution in [2.24, 2.45) is 0 Å². The highest BCUT2D eigenvalue weighted by atomic mass is 35.5. The van der Waals surface area contributed by atoms with Crippen molar-refractivity contribution in [3.63, 3.8) is 0 Å². The third kappa shape index (κ3) is 3.64. The number of amides is 1. The summed E-state index contributed by atoms with van der Waals surface area (Å²) in [7, 11) is 0. The maximum atomic E-state index is 11.4. The zero-order valence-corrected chi connectivity index (χ0v) is 12.9. The molecular formula is C15H22ClN3O. The molecule has 110 valence electrons. The molecule has 1 aromatic rings. The molecule has 0 unspecified atom stereocenters. The Labute approximate surface area is 125 Å².